The van der Waals surface area contributed by atoms with Crippen molar-refractivity contribution in [1.29, 1.82) is 0 Å². The monoisotopic (exact) mass is 275 g/mol. The molecule has 0 saturated heterocycles. The Bertz CT molecular complexity index is 786. The van der Waals surface area contributed by atoms with Crippen molar-refractivity contribution >= 4 is 22.3 Å². The highest BCUT2D eigenvalue weighted by atomic mass is 32.1. The number of hydrogen-bond acceptors (Lipinski definition) is 4. The number of hydrogen-bond donors (Lipinski definition) is 1. The van der Waals surface area contributed by atoms with E-state index in [0.29, 0.717) is 0 Å². The zero-order chi connectivity index (χ0) is 13.4. The minimum atomic E-state index is -1.22. The summed E-state index contributed by atoms with van der Waals surface area (Å²) in [5, 5.41) is 10.8. The lowest BCUT2D eigenvalue weighted by atomic mass is 10.3. The van der Waals surface area contributed by atoms with Gasteiger partial charge in [0.15, 0.2) is 4.96 Å². The zero-order valence-corrected chi connectivity index (χ0v) is 10.5. The van der Waals surface area contributed by atoms with E-state index in [1.807, 2.05) is 22.2 Å². The highest BCUT2D eigenvalue weighted by Gasteiger charge is 2.11. The van der Waals surface area contributed by atoms with Gasteiger partial charge in [0.25, 0.3) is 5.56 Å². The van der Waals surface area contributed by atoms with Crippen molar-refractivity contribution in [2.75, 3.05) is 0 Å². The molecule has 0 bridgehead atoms. The van der Waals surface area contributed by atoms with Crippen LogP contribution in [0, 0.1) is 0 Å². The molecule has 19 heavy (non-hydrogen) atoms. The Morgan fingerprint density at radius 1 is 1.42 bits per heavy atom. The number of aromatic nitrogens is 3. The lowest BCUT2D eigenvalue weighted by molar-refractivity contribution is 0.0694. The largest absolute Gasteiger partial charge is 0.477 e. The van der Waals surface area contributed by atoms with Crippen molar-refractivity contribution in [3.63, 3.8) is 0 Å². The summed E-state index contributed by atoms with van der Waals surface area (Å²) in [7, 11) is 0. The number of carbonyl (C=O) groups is 1. The van der Waals surface area contributed by atoms with Gasteiger partial charge in [-0.2, -0.15) is 0 Å². The Morgan fingerprint density at radius 3 is 3.00 bits per heavy atom. The smallest absolute Gasteiger partial charge is 0.341 e. The topological polar surface area (TPSA) is 76.6 Å². The van der Waals surface area contributed by atoms with Gasteiger partial charge >= 0.3 is 5.97 Å². The Balaban J connectivity index is 1.99. The van der Waals surface area contributed by atoms with Crippen LogP contribution in [0.15, 0.2) is 40.9 Å². The van der Waals surface area contributed by atoms with E-state index < -0.39 is 11.5 Å². The molecule has 0 aliphatic rings. The molecule has 0 amide bonds. The molecule has 0 aliphatic carbocycles. The number of carboxylic acid groups (broad SMARTS) is 1. The summed E-state index contributed by atoms with van der Waals surface area (Å²) in [6.45, 7) is 0.258. The van der Waals surface area contributed by atoms with Gasteiger partial charge in [0, 0.05) is 24.0 Å². The van der Waals surface area contributed by atoms with Gasteiger partial charge in [0.2, 0.25) is 0 Å². The third-order valence-electron chi connectivity index (χ3n) is 2.73. The molecular formula is C12H9N3O3S. The van der Waals surface area contributed by atoms with Crippen molar-refractivity contribution in [3.05, 3.63) is 57.7 Å². The fraction of sp³-hybridized carbons (Fsp3) is 0.0833. The standard InChI is InChI=1S/C12H9N3O3S/c16-10-9(11(17)18)2-1-3-14(10)6-8-7-15-4-5-19-12(15)13-8/h1-5,7H,6H2,(H,17,18). The lowest BCUT2D eigenvalue weighted by Crippen LogP contribution is -2.26. The van der Waals surface area contributed by atoms with Gasteiger partial charge in [-0.3, -0.25) is 9.20 Å². The quantitative estimate of drug-likeness (QED) is 0.781. The molecule has 1 N–H and O–H groups in total. The SMILES string of the molecule is O=C(O)c1cccn(Cc2cn3ccsc3n2)c1=O. The molecule has 0 unspecified atom stereocenters. The van der Waals surface area contributed by atoms with Crippen LogP contribution < -0.4 is 5.56 Å². The predicted octanol–water partition coefficient (Wildman–Crippen LogP) is 1.30. The predicted molar refractivity (Wildman–Crippen MR) is 69.8 cm³/mol. The van der Waals surface area contributed by atoms with E-state index in [4.69, 9.17) is 5.11 Å². The minimum Gasteiger partial charge on any atom is -0.477 e. The first-order valence-electron chi connectivity index (χ1n) is 5.49. The fourth-order valence-corrected chi connectivity index (χ4v) is 2.57. The molecule has 0 aromatic carbocycles. The highest BCUT2D eigenvalue weighted by molar-refractivity contribution is 7.15. The van der Waals surface area contributed by atoms with Crippen molar-refractivity contribution in [2.24, 2.45) is 0 Å². The maximum absolute atomic E-state index is 11.9. The summed E-state index contributed by atoms with van der Waals surface area (Å²) < 4.78 is 3.21. The number of rotatable bonds is 3. The van der Waals surface area contributed by atoms with E-state index in [0.717, 1.165) is 10.7 Å². The van der Waals surface area contributed by atoms with Crippen LogP contribution in [0.2, 0.25) is 0 Å². The normalized spacial score (nSPS) is 10.9. The van der Waals surface area contributed by atoms with Crippen LogP contribution in [0.5, 0.6) is 0 Å². The second kappa shape index (κ2) is 4.36. The fourth-order valence-electron chi connectivity index (χ4n) is 1.85. The van der Waals surface area contributed by atoms with E-state index in [1.54, 1.807) is 12.3 Å². The summed E-state index contributed by atoms with van der Waals surface area (Å²) in [5.41, 5.74) is -0.0358. The Hall–Kier alpha value is -2.41. The van der Waals surface area contributed by atoms with Gasteiger partial charge in [0.1, 0.15) is 5.56 Å². The highest BCUT2D eigenvalue weighted by Crippen LogP contribution is 2.11. The second-order valence-corrected chi connectivity index (χ2v) is 4.86. The number of pyridine rings is 1. The van der Waals surface area contributed by atoms with E-state index in [1.165, 1.54) is 22.0 Å². The Labute approximate surface area is 111 Å². The molecule has 3 aromatic heterocycles. The molecule has 0 radical (unpaired) electrons. The van der Waals surface area contributed by atoms with Crippen LogP contribution in [-0.2, 0) is 6.54 Å². The summed E-state index contributed by atoms with van der Waals surface area (Å²) in [4.78, 5) is 28.0. The third kappa shape index (κ3) is 2.04. The number of imidazole rings is 1. The van der Waals surface area contributed by atoms with Crippen LogP contribution in [-0.4, -0.2) is 25.0 Å². The third-order valence-corrected chi connectivity index (χ3v) is 3.50. The van der Waals surface area contributed by atoms with Crippen molar-refractivity contribution in [3.8, 4) is 0 Å². The first-order valence-corrected chi connectivity index (χ1v) is 6.37. The van der Waals surface area contributed by atoms with Crippen LogP contribution >= 0.6 is 11.3 Å². The first kappa shape index (κ1) is 11.7. The van der Waals surface area contributed by atoms with Gasteiger partial charge in [-0.1, -0.05) is 0 Å². The maximum Gasteiger partial charge on any atom is 0.341 e. The van der Waals surface area contributed by atoms with Crippen LogP contribution in [0.4, 0.5) is 0 Å². The average molecular weight is 275 g/mol. The Morgan fingerprint density at radius 2 is 2.26 bits per heavy atom. The van der Waals surface area contributed by atoms with Gasteiger partial charge in [-0.25, -0.2) is 9.78 Å². The summed E-state index contributed by atoms with van der Waals surface area (Å²) in [6, 6.07) is 2.84. The molecule has 0 fully saturated rings. The molecule has 0 saturated carbocycles. The molecular weight excluding hydrogens is 266 g/mol. The van der Waals surface area contributed by atoms with E-state index >= 15 is 0 Å². The van der Waals surface area contributed by atoms with Crippen molar-refractivity contribution in [2.45, 2.75) is 6.54 Å². The molecule has 3 rings (SSSR count). The molecule has 7 heteroatoms. The maximum atomic E-state index is 11.9. The summed E-state index contributed by atoms with van der Waals surface area (Å²) >= 11 is 1.50. The van der Waals surface area contributed by atoms with Crippen molar-refractivity contribution in [1.82, 2.24) is 14.0 Å². The van der Waals surface area contributed by atoms with E-state index in [9.17, 15) is 9.59 Å². The molecule has 0 spiro atoms. The number of thiazole rings is 1. The second-order valence-electron chi connectivity index (χ2n) is 3.99. The Kier molecular flexibility index (Phi) is 2.68. The average Bonchev–Trinajstić information content (AvgIpc) is 2.92. The van der Waals surface area contributed by atoms with E-state index in [2.05, 4.69) is 4.98 Å². The molecule has 3 aromatic rings. The van der Waals surface area contributed by atoms with E-state index in [-0.39, 0.29) is 12.1 Å². The number of aromatic carboxylic acids is 1. The van der Waals surface area contributed by atoms with Gasteiger partial charge < -0.3 is 9.67 Å². The van der Waals surface area contributed by atoms with Gasteiger partial charge in [-0.15, -0.1) is 11.3 Å². The minimum absolute atomic E-state index is 0.233. The summed E-state index contributed by atoms with van der Waals surface area (Å²) in [5.74, 6) is -1.22. The molecule has 0 atom stereocenters. The van der Waals surface area contributed by atoms with Crippen LogP contribution in [0.1, 0.15) is 16.1 Å². The first-order chi connectivity index (χ1) is 9.15. The molecule has 3 heterocycles. The van der Waals surface area contributed by atoms with Gasteiger partial charge in [-0.05, 0) is 12.1 Å². The molecule has 96 valence electrons. The van der Waals surface area contributed by atoms with Crippen LogP contribution in [0.3, 0.4) is 0 Å². The van der Waals surface area contributed by atoms with Crippen LogP contribution in [0.25, 0.3) is 4.96 Å². The summed E-state index contributed by atoms with van der Waals surface area (Å²) in [6.07, 6.45) is 5.26. The lowest BCUT2D eigenvalue weighted by Gasteiger charge is -2.03. The molecule has 6 nitrogen and oxygen atoms in total. The number of nitrogens with zero attached hydrogens (tertiary/aromatic N) is 3. The van der Waals surface area contributed by atoms with Gasteiger partial charge in [0.05, 0.1) is 12.2 Å². The zero-order valence-electron chi connectivity index (χ0n) is 9.68. The number of fused-ring (bicyclic) bond motifs is 1. The number of carboxylic acids is 1. The molecule has 0 aliphatic heterocycles. The van der Waals surface area contributed by atoms with Crippen molar-refractivity contribution < 1.29 is 9.90 Å².